The van der Waals surface area contributed by atoms with E-state index in [0.717, 1.165) is 35.6 Å². The fourth-order valence-electron chi connectivity index (χ4n) is 3.14. The molecule has 0 saturated carbocycles. The van der Waals surface area contributed by atoms with Crippen LogP contribution < -0.4 is 5.73 Å². The first-order chi connectivity index (χ1) is 8.19. The van der Waals surface area contributed by atoms with Gasteiger partial charge in [0, 0.05) is 29.4 Å². The van der Waals surface area contributed by atoms with Gasteiger partial charge in [0.05, 0.1) is 12.2 Å². The summed E-state index contributed by atoms with van der Waals surface area (Å²) in [6.45, 7) is 4.56. The van der Waals surface area contributed by atoms with Gasteiger partial charge in [-0.25, -0.2) is 9.97 Å². The van der Waals surface area contributed by atoms with E-state index in [9.17, 15) is 0 Å². The molecular formula is C13H19N3O. The molecule has 4 heteroatoms. The molecule has 3 unspecified atom stereocenters. The highest BCUT2D eigenvalue weighted by atomic mass is 16.5. The largest absolute Gasteiger partial charge is 0.374 e. The van der Waals surface area contributed by atoms with E-state index in [-0.39, 0.29) is 0 Å². The van der Waals surface area contributed by atoms with Gasteiger partial charge in [-0.1, -0.05) is 0 Å². The molecule has 2 aliphatic rings. The summed E-state index contributed by atoms with van der Waals surface area (Å²) < 4.78 is 5.87. The summed E-state index contributed by atoms with van der Waals surface area (Å²) in [5.74, 6) is 1.36. The lowest BCUT2D eigenvalue weighted by Gasteiger charge is -2.19. The third kappa shape index (κ3) is 1.76. The molecule has 0 amide bonds. The summed E-state index contributed by atoms with van der Waals surface area (Å²) in [5, 5.41) is 0. The summed E-state index contributed by atoms with van der Waals surface area (Å²) in [6, 6.07) is 0. The predicted octanol–water partition coefficient (Wildman–Crippen LogP) is 1.59. The minimum Gasteiger partial charge on any atom is -0.374 e. The molecule has 2 aliphatic heterocycles. The van der Waals surface area contributed by atoms with E-state index in [1.165, 1.54) is 6.42 Å². The zero-order valence-corrected chi connectivity index (χ0v) is 10.4. The van der Waals surface area contributed by atoms with Crippen molar-refractivity contribution in [3.63, 3.8) is 0 Å². The fraction of sp³-hybridized carbons (Fsp3) is 0.692. The Morgan fingerprint density at radius 2 is 1.94 bits per heavy atom. The number of fused-ring (bicyclic) bond motifs is 2. The van der Waals surface area contributed by atoms with Crippen LogP contribution in [0.15, 0.2) is 0 Å². The van der Waals surface area contributed by atoms with Gasteiger partial charge in [0.2, 0.25) is 0 Å². The first-order valence-electron chi connectivity index (χ1n) is 6.38. The molecule has 2 saturated heterocycles. The molecule has 92 valence electrons. The number of hydrogen-bond donors (Lipinski definition) is 1. The van der Waals surface area contributed by atoms with Crippen molar-refractivity contribution in [2.75, 3.05) is 0 Å². The fourth-order valence-corrected chi connectivity index (χ4v) is 3.14. The van der Waals surface area contributed by atoms with E-state index < -0.39 is 0 Å². The van der Waals surface area contributed by atoms with Gasteiger partial charge in [-0.2, -0.15) is 0 Å². The summed E-state index contributed by atoms with van der Waals surface area (Å²) in [7, 11) is 0. The van der Waals surface area contributed by atoms with Crippen molar-refractivity contribution in [2.24, 2.45) is 5.73 Å². The number of hydrogen-bond acceptors (Lipinski definition) is 4. The van der Waals surface area contributed by atoms with Crippen molar-refractivity contribution >= 4 is 0 Å². The van der Waals surface area contributed by atoms with Gasteiger partial charge >= 0.3 is 0 Å². The smallest absolute Gasteiger partial charge is 0.134 e. The molecular weight excluding hydrogens is 214 g/mol. The Morgan fingerprint density at radius 3 is 2.41 bits per heavy atom. The minimum absolute atomic E-state index is 0.350. The number of aryl methyl sites for hydroxylation is 2. The topological polar surface area (TPSA) is 61.0 Å². The molecule has 3 rings (SSSR count). The molecule has 0 aliphatic carbocycles. The Balaban J connectivity index is 1.94. The maximum atomic E-state index is 5.87. The van der Waals surface area contributed by atoms with E-state index in [4.69, 9.17) is 10.5 Å². The second kappa shape index (κ2) is 4.03. The number of nitrogens with zero attached hydrogens (tertiary/aromatic N) is 2. The van der Waals surface area contributed by atoms with Crippen molar-refractivity contribution in [1.82, 2.24) is 9.97 Å². The van der Waals surface area contributed by atoms with Crippen LogP contribution in [0, 0.1) is 13.8 Å². The highest BCUT2D eigenvalue weighted by Gasteiger charge is 2.43. The summed E-state index contributed by atoms with van der Waals surface area (Å²) >= 11 is 0. The van der Waals surface area contributed by atoms with Crippen LogP contribution in [0.2, 0.25) is 0 Å². The lowest BCUT2D eigenvalue weighted by Crippen LogP contribution is -2.19. The van der Waals surface area contributed by atoms with E-state index in [2.05, 4.69) is 9.97 Å². The molecule has 2 bridgehead atoms. The van der Waals surface area contributed by atoms with Crippen LogP contribution in [0.5, 0.6) is 0 Å². The van der Waals surface area contributed by atoms with Crippen LogP contribution in [0.3, 0.4) is 0 Å². The van der Waals surface area contributed by atoms with Gasteiger partial charge in [-0.05, 0) is 33.1 Å². The number of rotatable bonds is 2. The van der Waals surface area contributed by atoms with E-state index in [1.54, 1.807) is 0 Å². The average molecular weight is 233 g/mol. The third-order valence-electron chi connectivity index (χ3n) is 4.08. The van der Waals surface area contributed by atoms with Crippen LogP contribution in [-0.4, -0.2) is 22.2 Å². The number of ether oxygens (including phenoxy) is 1. The standard InChI is InChI=1S/C13H19N3O/c1-7-11(6-14)8(2)16-13(15-7)10-5-9-3-4-12(10)17-9/h9-10,12H,3-6,14H2,1-2H3. The number of nitrogens with two attached hydrogens (primary N) is 1. The molecule has 3 atom stereocenters. The van der Waals surface area contributed by atoms with Crippen LogP contribution in [0.25, 0.3) is 0 Å². The molecule has 2 fully saturated rings. The molecule has 1 aromatic heterocycles. The van der Waals surface area contributed by atoms with Crippen LogP contribution in [-0.2, 0) is 11.3 Å². The molecule has 4 nitrogen and oxygen atoms in total. The zero-order valence-electron chi connectivity index (χ0n) is 10.4. The lowest BCUT2D eigenvalue weighted by atomic mass is 9.88. The Hall–Kier alpha value is -1.00. The highest BCUT2D eigenvalue weighted by Crippen LogP contribution is 2.43. The Labute approximate surface area is 102 Å². The van der Waals surface area contributed by atoms with Crippen molar-refractivity contribution < 1.29 is 4.74 Å². The van der Waals surface area contributed by atoms with Crippen molar-refractivity contribution in [3.8, 4) is 0 Å². The monoisotopic (exact) mass is 233 g/mol. The van der Waals surface area contributed by atoms with E-state index in [1.807, 2.05) is 13.8 Å². The lowest BCUT2D eigenvalue weighted by molar-refractivity contribution is 0.0998. The molecule has 2 N–H and O–H groups in total. The van der Waals surface area contributed by atoms with Gasteiger partial charge in [-0.3, -0.25) is 0 Å². The second-order valence-electron chi connectivity index (χ2n) is 5.15. The summed E-state index contributed by atoms with van der Waals surface area (Å²) in [4.78, 5) is 9.27. The zero-order chi connectivity index (χ0) is 12.0. The molecule has 17 heavy (non-hydrogen) atoms. The van der Waals surface area contributed by atoms with Crippen molar-refractivity contribution in [2.45, 2.75) is 57.8 Å². The van der Waals surface area contributed by atoms with Gasteiger partial charge in [-0.15, -0.1) is 0 Å². The Morgan fingerprint density at radius 1 is 1.24 bits per heavy atom. The Bertz CT molecular complexity index is 423. The first-order valence-corrected chi connectivity index (χ1v) is 6.38. The minimum atomic E-state index is 0.350. The molecule has 3 heterocycles. The predicted molar refractivity (Wildman–Crippen MR) is 64.7 cm³/mol. The summed E-state index contributed by atoms with van der Waals surface area (Å²) in [6.07, 6.45) is 4.26. The Kier molecular flexibility index (Phi) is 2.64. The van der Waals surface area contributed by atoms with Gasteiger partial charge < -0.3 is 10.5 Å². The quantitative estimate of drug-likeness (QED) is 0.842. The van der Waals surface area contributed by atoms with Gasteiger partial charge in [0.1, 0.15) is 5.82 Å². The molecule has 1 aromatic rings. The average Bonchev–Trinajstić information content (AvgIpc) is 2.90. The van der Waals surface area contributed by atoms with Crippen LogP contribution in [0.4, 0.5) is 0 Å². The normalized spacial score (nSPS) is 31.1. The van der Waals surface area contributed by atoms with E-state index >= 15 is 0 Å². The van der Waals surface area contributed by atoms with Crippen LogP contribution in [0.1, 0.15) is 48.0 Å². The SMILES string of the molecule is Cc1nc(C2CC3CCC2O3)nc(C)c1CN. The molecule has 0 radical (unpaired) electrons. The molecule has 0 aromatic carbocycles. The maximum absolute atomic E-state index is 5.87. The highest BCUT2D eigenvalue weighted by molar-refractivity contribution is 5.25. The number of aromatic nitrogens is 2. The first kappa shape index (κ1) is 11.1. The third-order valence-corrected chi connectivity index (χ3v) is 4.08. The summed E-state index contributed by atoms with van der Waals surface area (Å²) in [5.41, 5.74) is 8.84. The maximum Gasteiger partial charge on any atom is 0.134 e. The van der Waals surface area contributed by atoms with E-state index in [0.29, 0.717) is 24.7 Å². The molecule has 0 spiro atoms. The van der Waals surface area contributed by atoms with Crippen molar-refractivity contribution in [3.05, 3.63) is 22.8 Å². The second-order valence-corrected chi connectivity index (χ2v) is 5.15. The van der Waals surface area contributed by atoms with Crippen molar-refractivity contribution in [1.29, 1.82) is 0 Å². The van der Waals surface area contributed by atoms with Crippen LogP contribution >= 0.6 is 0 Å². The van der Waals surface area contributed by atoms with Gasteiger partial charge in [0.15, 0.2) is 0 Å². The van der Waals surface area contributed by atoms with Gasteiger partial charge in [0.25, 0.3) is 0 Å².